The molecule has 0 aliphatic rings. The minimum atomic E-state index is -0.528. The molecule has 1 N–H and O–H groups in total. The quantitative estimate of drug-likeness (QED) is 0.229. The number of benzene rings is 2. The van der Waals surface area contributed by atoms with Gasteiger partial charge in [0, 0.05) is 23.3 Å². The molecule has 0 aliphatic heterocycles. The van der Waals surface area contributed by atoms with Crippen molar-refractivity contribution in [1.82, 2.24) is 0 Å². The van der Waals surface area contributed by atoms with E-state index in [0.29, 0.717) is 23.5 Å². The third-order valence-electron chi connectivity index (χ3n) is 4.09. The Morgan fingerprint density at radius 2 is 1.70 bits per heavy atom. The van der Waals surface area contributed by atoms with Gasteiger partial charge in [0.2, 0.25) is 0 Å². The SMILES string of the molecule is C=C(C)C(=O)OCCCC.C=CC(=O)OCCOc1ccc(C(=O)c2ccccc2)c(O)c1. The number of ketones is 1. The maximum Gasteiger partial charge on any atom is 0.333 e. The van der Waals surface area contributed by atoms with E-state index in [2.05, 4.69) is 20.1 Å². The molecule has 7 nitrogen and oxygen atoms in total. The maximum atomic E-state index is 12.3. The maximum absolute atomic E-state index is 12.3. The van der Waals surface area contributed by atoms with Gasteiger partial charge in [0.15, 0.2) is 5.78 Å². The van der Waals surface area contributed by atoms with Crippen LogP contribution in [0.3, 0.4) is 0 Å². The summed E-state index contributed by atoms with van der Waals surface area (Å²) in [5.41, 5.74) is 1.16. The Hall–Kier alpha value is -3.87. The van der Waals surface area contributed by atoms with Crippen molar-refractivity contribution in [3.8, 4) is 11.5 Å². The van der Waals surface area contributed by atoms with Crippen molar-refractivity contribution >= 4 is 17.7 Å². The summed E-state index contributed by atoms with van der Waals surface area (Å²) in [5, 5.41) is 10.0. The Morgan fingerprint density at radius 3 is 2.27 bits per heavy atom. The van der Waals surface area contributed by atoms with E-state index in [1.807, 2.05) is 6.07 Å². The Balaban J connectivity index is 0.000000461. The number of rotatable bonds is 11. The number of hydrogen-bond donors (Lipinski definition) is 1. The van der Waals surface area contributed by atoms with E-state index >= 15 is 0 Å². The number of esters is 2. The second kappa shape index (κ2) is 15.0. The highest BCUT2D eigenvalue weighted by Crippen LogP contribution is 2.25. The van der Waals surface area contributed by atoms with Crippen LogP contribution >= 0.6 is 0 Å². The van der Waals surface area contributed by atoms with Crippen molar-refractivity contribution in [3.05, 3.63) is 84.5 Å². The highest BCUT2D eigenvalue weighted by atomic mass is 16.6. The first-order valence-electron chi connectivity index (χ1n) is 10.5. The Kier molecular flexibility index (Phi) is 12.4. The molecule has 0 amide bonds. The van der Waals surface area contributed by atoms with Gasteiger partial charge >= 0.3 is 11.9 Å². The summed E-state index contributed by atoms with van der Waals surface area (Å²) in [5.74, 6) is -0.871. The van der Waals surface area contributed by atoms with Gasteiger partial charge in [0.05, 0.1) is 12.2 Å². The van der Waals surface area contributed by atoms with Gasteiger partial charge in [-0.1, -0.05) is 56.8 Å². The largest absolute Gasteiger partial charge is 0.507 e. The molecule has 33 heavy (non-hydrogen) atoms. The van der Waals surface area contributed by atoms with Crippen LogP contribution in [0.2, 0.25) is 0 Å². The van der Waals surface area contributed by atoms with Crippen molar-refractivity contribution in [2.75, 3.05) is 19.8 Å². The fourth-order valence-corrected chi connectivity index (χ4v) is 2.33. The average Bonchev–Trinajstić information content (AvgIpc) is 2.82. The first kappa shape index (κ1) is 27.2. The molecule has 0 aromatic heterocycles. The first-order valence-corrected chi connectivity index (χ1v) is 10.5. The van der Waals surface area contributed by atoms with Gasteiger partial charge in [-0.05, 0) is 25.5 Å². The highest BCUT2D eigenvalue weighted by Gasteiger charge is 2.14. The van der Waals surface area contributed by atoms with Crippen LogP contribution in [0.15, 0.2) is 73.3 Å². The van der Waals surface area contributed by atoms with Gasteiger partial charge in [-0.3, -0.25) is 4.79 Å². The van der Waals surface area contributed by atoms with Gasteiger partial charge in [-0.25, -0.2) is 9.59 Å². The second-order valence-corrected chi connectivity index (χ2v) is 6.86. The number of unbranched alkanes of at least 4 members (excludes halogenated alkanes) is 1. The number of carbonyl (C=O) groups is 3. The van der Waals surface area contributed by atoms with Crippen LogP contribution in [-0.4, -0.2) is 42.6 Å². The van der Waals surface area contributed by atoms with Gasteiger partial charge < -0.3 is 19.3 Å². The number of aromatic hydroxyl groups is 1. The predicted molar refractivity (Wildman–Crippen MR) is 125 cm³/mol. The van der Waals surface area contributed by atoms with E-state index in [9.17, 15) is 19.5 Å². The minimum Gasteiger partial charge on any atom is -0.507 e. The molecule has 2 aromatic rings. The third kappa shape index (κ3) is 10.3. The van der Waals surface area contributed by atoms with E-state index in [1.165, 1.54) is 12.1 Å². The Labute approximate surface area is 194 Å². The second-order valence-electron chi connectivity index (χ2n) is 6.86. The average molecular weight is 455 g/mol. The number of carbonyl (C=O) groups excluding carboxylic acids is 3. The summed E-state index contributed by atoms with van der Waals surface area (Å²) in [4.78, 5) is 33.8. The Bertz CT molecular complexity index is 948. The van der Waals surface area contributed by atoms with E-state index in [0.717, 1.165) is 18.9 Å². The van der Waals surface area contributed by atoms with Gasteiger partial charge in [-0.15, -0.1) is 0 Å². The molecule has 0 bridgehead atoms. The molecule has 0 atom stereocenters. The molecule has 0 radical (unpaired) electrons. The molecule has 0 spiro atoms. The zero-order valence-corrected chi connectivity index (χ0v) is 19.0. The summed E-state index contributed by atoms with van der Waals surface area (Å²) in [6.45, 7) is 11.1. The van der Waals surface area contributed by atoms with Crippen molar-refractivity contribution < 1.29 is 33.7 Å². The molecule has 0 aliphatic carbocycles. The lowest BCUT2D eigenvalue weighted by Gasteiger charge is -2.09. The fourth-order valence-electron chi connectivity index (χ4n) is 2.33. The lowest BCUT2D eigenvalue weighted by molar-refractivity contribution is -0.139. The van der Waals surface area contributed by atoms with Gasteiger partial charge in [0.25, 0.3) is 0 Å². The third-order valence-corrected chi connectivity index (χ3v) is 4.09. The smallest absolute Gasteiger partial charge is 0.333 e. The summed E-state index contributed by atoms with van der Waals surface area (Å²) < 4.78 is 14.9. The predicted octanol–water partition coefficient (Wildman–Crippen LogP) is 4.64. The highest BCUT2D eigenvalue weighted by molar-refractivity contribution is 6.10. The number of phenols is 1. The summed E-state index contributed by atoms with van der Waals surface area (Å²) >= 11 is 0. The van der Waals surface area contributed by atoms with Crippen molar-refractivity contribution in [2.24, 2.45) is 0 Å². The number of hydrogen-bond acceptors (Lipinski definition) is 7. The topological polar surface area (TPSA) is 99.1 Å². The summed E-state index contributed by atoms with van der Waals surface area (Å²) in [7, 11) is 0. The number of ether oxygens (including phenoxy) is 3. The van der Waals surface area contributed by atoms with Crippen LogP contribution in [0.5, 0.6) is 11.5 Å². The zero-order chi connectivity index (χ0) is 24.6. The standard InChI is InChI=1S/C18H16O5.C8H14O2/c1-2-17(20)23-11-10-22-14-8-9-15(16(19)12-14)18(21)13-6-4-3-5-7-13;1-4-5-6-10-8(9)7(2)3/h2-9,12,19H,1,10-11H2;2,4-6H2,1,3H3. The van der Waals surface area contributed by atoms with Crippen LogP contribution in [0.4, 0.5) is 0 Å². The lowest BCUT2D eigenvalue weighted by atomic mass is 10.0. The summed E-state index contributed by atoms with van der Waals surface area (Å²) in [6.07, 6.45) is 3.04. The normalized spacial score (nSPS) is 9.64. The van der Waals surface area contributed by atoms with Crippen molar-refractivity contribution in [1.29, 1.82) is 0 Å². The Morgan fingerprint density at radius 1 is 1.00 bits per heavy atom. The molecule has 0 saturated carbocycles. The van der Waals surface area contributed by atoms with E-state index < -0.39 is 5.97 Å². The molecular weight excluding hydrogens is 424 g/mol. The van der Waals surface area contributed by atoms with Crippen molar-refractivity contribution in [2.45, 2.75) is 26.7 Å². The molecule has 0 unspecified atom stereocenters. The van der Waals surface area contributed by atoms with Crippen molar-refractivity contribution in [3.63, 3.8) is 0 Å². The van der Waals surface area contributed by atoms with E-state index in [-0.39, 0.29) is 36.3 Å². The first-order chi connectivity index (χ1) is 15.8. The van der Waals surface area contributed by atoms with Crippen LogP contribution < -0.4 is 4.74 Å². The van der Waals surface area contributed by atoms with Crippen LogP contribution in [0, 0.1) is 0 Å². The molecule has 2 aromatic carbocycles. The van der Waals surface area contributed by atoms with E-state index in [1.54, 1.807) is 37.3 Å². The lowest BCUT2D eigenvalue weighted by Crippen LogP contribution is -2.10. The monoisotopic (exact) mass is 454 g/mol. The van der Waals surface area contributed by atoms with Gasteiger partial charge in [0.1, 0.15) is 24.7 Å². The minimum absolute atomic E-state index is 0.0658. The molecule has 176 valence electrons. The van der Waals surface area contributed by atoms with Gasteiger partial charge in [-0.2, -0.15) is 0 Å². The molecule has 0 saturated heterocycles. The van der Waals surface area contributed by atoms with Crippen LogP contribution in [0.25, 0.3) is 0 Å². The molecular formula is C26H30O7. The van der Waals surface area contributed by atoms with Crippen LogP contribution in [0.1, 0.15) is 42.6 Å². The summed E-state index contributed by atoms with van der Waals surface area (Å²) in [6, 6.07) is 13.1. The fraction of sp³-hybridized carbons (Fsp3) is 0.269. The number of phenolic OH excluding ortho intramolecular Hbond substituents is 1. The molecule has 7 heteroatoms. The molecule has 2 rings (SSSR count). The van der Waals surface area contributed by atoms with Crippen LogP contribution in [-0.2, 0) is 19.1 Å². The molecule has 0 heterocycles. The molecule has 0 fully saturated rings. The van der Waals surface area contributed by atoms with E-state index in [4.69, 9.17) is 14.2 Å². The zero-order valence-electron chi connectivity index (χ0n) is 19.0.